The van der Waals surface area contributed by atoms with Gasteiger partial charge in [0, 0.05) is 0 Å². The second-order valence-electron chi connectivity index (χ2n) is 3.99. The molecule has 0 spiro atoms. The zero-order chi connectivity index (χ0) is 9.19. The normalized spacial score (nSPS) is 38.7. The fourth-order valence-corrected chi connectivity index (χ4v) is 2.11. The highest BCUT2D eigenvalue weighted by Gasteiger charge is 2.40. The van der Waals surface area contributed by atoms with Gasteiger partial charge in [0.15, 0.2) is 0 Å². The Balaban J connectivity index is 2.73. The molecule has 3 atom stereocenters. The third-order valence-corrected chi connectivity index (χ3v) is 3.26. The van der Waals surface area contributed by atoms with Crippen LogP contribution in [0.1, 0.15) is 39.5 Å². The van der Waals surface area contributed by atoms with E-state index in [9.17, 15) is 5.11 Å². The van der Waals surface area contributed by atoms with E-state index in [-0.39, 0.29) is 11.8 Å². The average molecular weight is 167 g/mol. The Labute approximate surface area is 74.2 Å². The quantitative estimate of drug-likeness (QED) is 0.649. The monoisotopic (exact) mass is 167 g/mol. The molecule has 2 heteroatoms. The first-order chi connectivity index (χ1) is 5.61. The Kier molecular flexibility index (Phi) is 2.74. The van der Waals surface area contributed by atoms with Gasteiger partial charge in [-0.1, -0.05) is 19.8 Å². The molecule has 0 heterocycles. The smallest absolute Gasteiger partial charge is 0.0827 e. The van der Waals surface area contributed by atoms with Crippen molar-refractivity contribution in [3.05, 3.63) is 0 Å². The molecular formula is C10H17NO. The summed E-state index contributed by atoms with van der Waals surface area (Å²) in [4.78, 5) is 0. The summed E-state index contributed by atoms with van der Waals surface area (Å²) in [6.45, 7) is 3.87. The lowest BCUT2D eigenvalue weighted by atomic mass is 9.70. The molecule has 3 unspecified atom stereocenters. The number of hydrogen-bond acceptors (Lipinski definition) is 2. The first kappa shape index (κ1) is 9.54. The van der Waals surface area contributed by atoms with E-state index in [1.54, 1.807) is 0 Å². The maximum atomic E-state index is 10.2. The van der Waals surface area contributed by atoms with Crippen LogP contribution in [-0.4, -0.2) is 10.7 Å². The lowest BCUT2D eigenvalue weighted by Gasteiger charge is -2.40. The number of hydrogen-bond donors (Lipinski definition) is 1. The molecule has 2 nitrogen and oxygen atoms in total. The third kappa shape index (κ3) is 1.47. The van der Waals surface area contributed by atoms with Crippen LogP contribution < -0.4 is 0 Å². The lowest BCUT2D eigenvalue weighted by molar-refractivity contribution is -0.0674. The van der Waals surface area contributed by atoms with E-state index in [0.29, 0.717) is 0 Å². The zero-order valence-corrected chi connectivity index (χ0v) is 7.88. The van der Waals surface area contributed by atoms with Gasteiger partial charge in [-0.15, -0.1) is 0 Å². The summed E-state index contributed by atoms with van der Waals surface area (Å²) in [6.07, 6.45) is 4.11. The lowest BCUT2D eigenvalue weighted by Crippen LogP contribution is -2.44. The number of nitriles is 1. The van der Waals surface area contributed by atoms with E-state index in [1.807, 2.05) is 13.8 Å². The van der Waals surface area contributed by atoms with E-state index < -0.39 is 5.60 Å². The molecule has 1 aliphatic rings. The Morgan fingerprint density at radius 2 is 2.25 bits per heavy atom. The maximum Gasteiger partial charge on any atom is 0.0827 e. The molecule has 0 aromatic rings. The molecule has 1 saturated carbocycles. The van der Waals surface area contributed by atoms with Gasteiger partial charge in [0.1, 0.15) is 0 Å². The van der Waals surface area contributed by atoms with Gasteiger partial charge in [-0.25, -0.2) is 0 Å². The number of rotatable bonds is 1. The first-order valence-electron chi connectivity index (χ1n) is 4.73. The second-order valence-corrected chi connectivity index (χ2v) is 3.99. The summed E-state index contributed by atoms with van der Waals surface area (Å²) in [6, 6.07) is 2.16. The van der Waals surface area contributed by atoms with Crippen LogP contribution in [0.2, 0.25) is 0 Å². The van der Waals surface area contributed by atoms with E-state index in [0.717, 1.165) is 19.3 Å². The van der Waals surface area contributed by atoms with Crippen molar-refractivity contribution in [1.29, 1.82) is 5.26 Å². The summed E-state index contributed by atoms with van der Waals surface area (Å²) in [5, 5.41) is 18.9. The van der Waals surface area contributed by atoms with Gasteiger partial charge in [0.25, 0.3) is 0 Å². The van der Waals surface area contributed by atoms with Crippen LogP contribution in [-0.2, 0) is 0 Å². The molecule has 0 bridgehead atoms. The van der Waals surface area contributed by atoms with E-state index in [1.165, 1.54) is 6.42 Å². The van der Waals surface area contributed by atoms with Crippen LogP contribution in [0.15, 0.2) is 0 Å². The SMILES string of the molecule is CC(C#N)C1(O)CCCCC1C. The van der Waals surface area contributed by atoms with Crippen molar-refractivity contribution in [1.82, 2.24) is 0 Å². The highest BCUT2D eigenvalue weighted by molar-refractivity contribution is 5.00. The maximum absolute atomic E-state index is 10.2. The fraction of sp³-hybridized carbons (Fsp3) is 0.900. The highest BCUT2D eigenvalue weighted by Crippen LogP contribution is 2.38. The molecule has 0 radical (unpaired) electrons. The second kappa shape index (κ2) is 3.45. The van der Waals surface area contributed by atoms with Gasteiger partial charge in [0.2, 0.25) is 0 Å². The molecule has 1 aliphatic carbocycles. The summed E-state index contributed by atoms with van der Waals surface area (Å²) < 4.78 is 0. The van der Waals surface area contributed by atoms with Gasteiger partial charge in [0.05, 0.1) is 17.6 Å². The molecule has 0 aromatic heterocycles. The van der Waals surface area contributed by atoms with Crippen molar-refractivity contribution >= 4 is 0 Å². The fourth-order valence-electron chi connectivity index (χ4n) is 2.11. The molecule has 0 aliphatic heterocycles. The Bertz CT molecular complexity index is 197. The van der Waals surface area contributed by atoms with Crippen LogP contribution in [0.5, 0.6) is 0 Å². The van der Waals surface area contributed by atoms with Crippen molar-refractivity contribution in [2.75, 3.05) is 0 Å². The zero-order valence-electron chi connectivity index (χ0n) is 7.88. The molecule has 0 saturated heterocycles. The van der Waals surface area contributed by atoms with Crippen molar-refractivity contribution in [3.63, 3.8) is 0 Å². The van der Waals surface area contributed by atoms with Gasteiger partial charge in [-0.3, -0.25) is 0 Å². The predicted molar refractivity (Wildman–Crippen MR) is 47.4 cm³/mol. The van der Waals surface area contributed by atoms with Crippen molar-refractivity contribution < 1.29 is 5.11 Å². The molecule has 0 aromatic carbocycles. The van der Waals surface area contributed by atoms with Crippen LogP contribution >= 0.6 is 0 Å². The Hall–Kier alpha value is -0.550. The standard InChI is InChI=1S/C10H17NO/c1-8-5-3-4-6-10(8,12)9(2)7-11/h8-9,12H,3-6H2,1-2H3. The van der Waals surface area contributed by atoms with E-state index >= 15 is 0 Å². The van der Waals surface area contributed by atoms with Crippen LogP contribution in [0.4, 0.5) is 0 Å². The van der Waals surface area contributed by atoms with Gasteiger partial charge in [-0.05, 0) is 25.7 Å². The minimum Gasteiger partial charge on any atom is -0.388 e. The summed E-state index contributed by atoms with van der Waals surface area (Å²) in [5.74, 6) is 0.0497. The first-order valence-corrected chi connectivity index (χ1v) is 4.73. The molecule has 1 fully saturated rings. The largest absolute Gasteiger partial charge is 0.388 e. The van der Waals surface area contributed by atoms with Gasteiger partial charge < -0.3 is 5.11 Å². The topological polar surface area (TPSA) is 44.0 Å². The molecule has 1 rings (SSSR count). The minimum absolute atomic E-state index is 0.229. The molecule has 12 heavy (non-hydrogen) atoms. The summed E-state index contributed by atoms with van der Waals surface area (Å²) >= 11 is 0. The summed E-state index contributed by atoms with van der Waals surface area (Å²) in [5.41, 5.74) is -0.715. The third-order valence-electron chi connectivity index (χ3n) is 3.26. The van der Waals surface area contributed by atoms with E-state index in [2.05, 4.69) is 6.07 Å². The molecular weight excluding hydrogens is 150 g/mol. The van der Waals surface area contributed by atoms with Crippen molar-refractivity contribution in [2.45, 2.75) is 45.1 Å². The minimum atomic E-state index is -0.715. The molecule has 0 amide bonds. The van der Waals surface area contributed by atoms with Gasteiger partial charge in [-0.2, -0.15) is 5.26 Å². The van der Waals surface area contributed by atoms with E-state index in [4.69, 9.17) is 5.26 Å². The number of nitrogens with zero attached hydrogens (tertiary/aromatic N) is 1. The number of aliphatic hydroxyl groups is 1. The van der Waals surface area contributed by atoms with Crippen molar-refractivity contribution in [2.24, 2.45) is 11.8 Å². The highest BCUT2D eigenvalue weighted by atomic mass is 16.3. The average Bonchev–Trinajstić information content (AvgIpc) is 2.09. The molecule has 68 valence electrons. The van der Waals surface area contributed by atoms with Crippen LogP contribution in [0.3, 0.4) is 0 Å². The Morgan fingerprint density at radius 3 is 2.75 bits per heavy atom. The van der Waals surface area contributed by atoms with Gasteiger partial charge >= 0.3 is 0 Å². The van der Waals surface area contributed by atoms with Crippen LogP contribution in [0, 0.1) is 23.2 Å². The Morgan fingerprint density at radius 1 is 1.58 bits per heavy atom. The van der Waals surface area contributed by atoms with Crippen molar-refractivity contribution in [3.8, 4) is 6.07 Å². The van der Waals surface area contributed by atoms with Crippen LogP contribution in [0.25, 0.3) is 0 Å². The predicted octanol–water partition coefficient (Wildman–Crippen LogP) is 2.09. The molecule has 1 N–H and O–H groups in total. The summed E-state index contributed by atoms with van der Waals surface area (Å²) in [7, 11) is 0.